The van der Waals surface area contributed by atoms with Crippen LogP contribution < -0.4 is 4.74 Å². The number of ether oxygens (including phenoxy) is 6. The van der Waals surface area contributed by atoms with Gasteiger partial charge in [-0.2, -0.15) is 0 Å². The molecule has 2 fully saturated rings. The van der Waals surface area contributed by atoms with E-state index >= 15 is 0 Å². The molecule has 0 saturated carbocycles. The molecule has 6 atom stereocenters. The summed E-state index contributed by atoms with van der Waals surface area (Å²) in [6, 6.07) is 13.7. The molecule has 2 N–H and O–H groups in total. The quantitative estimate of drug-likeness (QED) is 0.177. The second-order valence-electron chi connectivity index (χ2n) is 11.8. The molecule has 2 aromatic carbocycles. The van der Waals surface area contributed by atoms with Crippen LogP contribution in [0.25, 0.3) is 0 Å². The number of benzene rings is 2. The second-order valence-corrected chi connectivity index (χ2v) is 12.2. The van der Waals surface area contributed by atoms with Gasteiger partial charge in [-0.3, -0.25) is 0 Å². The zero-order valence-corrected chi connectivity index (χ0v) is 27.5. The lowest BCUT2D eigenvalue weighted by Gasteiger charge is -2.52. The molecule has 0 radical (unpaired) electrons. The van der Waals surface area contributed by atoms with E-state index < -0.39 is 42.4 Å². The number of hydrogen-bond donors (Lipinski definition) is 2. The third-order valence-corrected chi connectivity index (χ3v) is 8.89. The molecular weight excluding hydrogens is 584 g/mol. The topological polar surface area (TPSA) is 95.8 Å². The molecule has 2 aliphatic rings. The Labute approximate surface area is 267 Å². The summed E-state index contributed by atoms with van der Waals surface area (Å²) >= 11 is 6.76. The Balaban J connectivity index is 1.78. The van der Waals surface area contributed by atoms with Crippen LogP contribution in [0.5, 0.6) is 5.75 Å². The van der Waals surface area contributed by atoms with Crippen LogP contribution in [0.4, 0.5) is 0 Å². The summed E-state index contributed by atoms with van der Waals surface area (Å²) in [4.78, 5) is 0. The van der Waals surface area contributed by atoms with Crippen molar-refractivity contribution in [1.82, 2.24) is 0 Å². The molecule has 2 saturated heterocycles. The van der Waals surface area contributed by atoms with Crippen LogP contribution >= 0.6 is 11.6 Å². The Hall–Kier alpha value is -1.75. The monoisotopic (exact) mass is 634 g/mol. The molecule has 0 aromatic heterocycles. The molecule has 8 nitrogen and oxygen atoms in total. The minimum Gasteiger partial charge on any atom is -0.494 e. The van der Waals surface area contributed by atoms with E-state index in [1.807, 2.05) is 49.4 Å². The van der Waals surface area contributed by atoms with Gasteiger partial charge in [-0.15, -0.1) is 0 Å². The Morgan fingerprint density at radius 1 is 0.886 bits per heavy atom. The van der Waals surface area contributed by atoms with Gasteiger partial charge in [-0.25, -0.2) is 0 Å². The van der Waals surface area contributed by atoms with E-state index in [2.05, 4.69) is 20.8 Å². The van der Waals surface area contributed by atoms with Crippen LogP contribution in [0.15, 0.2) is 42.5 Å². The lowest BCUT2D eigenvalue weighted by molar-refractivity contribution is -0.357. The van der Waals surface area contributed by atoms with Gasteiger partial charge in [-0.05, 0) is 68.0 Å². The second kappa shape index (κ2) is 16.7. The lowest BCUT2D eigenvalue weighted by Crippen LogP contribution is -2.70. The fraction of sp³-hybridized carbons (Fsp3) is 0.657. The van der Waals surface area contributed by atoms with Gasteiger partial charge in [0.15, 0.2) is 5.60 Å². The fourth-order valence-electron chi connectivity index (χ4n) is 6.01. The van der Waals surface area contributed by atoms with Crippen molar-refractivity contribution in [3.63, 3.8) is 0 Å². The first-order chi connectivity index (χ1) is 21.4. The van der Waals surface area contributed by atoms with Gasteiger partial charge in [0.25, 0.3) is 0 Å². The zero-order chi connectivity index (χ0) is 31.6. The average Bonchev–Trinajstić information content (AvgIpc) is 3.40. The smallest absolute Gasteiger partial charge is 0.225 e. The largest absolute Gasteiger partial charge is 0.494 e. The predicted molar refractivity (Wildman–Crippen MR) is 170 cm³/mol. The summed E-state index contributed by atoms with van der Waals surface area (Å²) in [5.74, 6) is -0.593. The summed E-state index contributed by atoms with van der Waals surface area (Å²) in [6.07, 6.45) is 2.71. The fourth-order valence-corrected chi connectivity index (χ4v) is 6.20. The predicted octanol–water partition coefficient (Wildman–Crippen LogP) is 6.19. The Bertz CT molecular complexity index is 1150. The summed E-state index contributed by atoms with van der Waals surface area (Å²) in [5, 5.41) is 22.2. The van der Waals surface area contributed by atoms with Crippen molar-refractivity contribution in [2.75, 3.05) is 39.6 Å². The number of aliphatic hydroxyl groups is 2. The number of unbranched alkanes of at least 4 members (excludes halogenated alkanes) is 3. The molecule has 1 unspecified atom stereocenters. The molecule has 0 spiro atoms. The van der Waals surface area contributed by atoms with E-state index in [4.69, 9.17) is 40.0 Å². The molecule has 2 bridgehead atoms. The van der Waals surface area contributed by atoms with Gasteiger partial charge in [-0.1, -0.05) is 69.8 Å². The van der Waals surface area contributed by atoms with Crippen molar-refractivity contribution in [1.29, 1.82) is 0 Å². The molecule has 0 amide bonds. The average molecular weight is 635 g/mol. The van der Waals surface area contributed by atoms with Crippen molar-refractivity contribution in [2.45, 2.75) is 108 Å². The number of rotatable bonds is 19. The third-order valence-electron chi connectivity index (χ3n) is 8.52. The van der Waals surface area contributed by atoms with Crippen LogP contribution in [0.1, 0.15) is 82.9 Å². The molecule has 9 heteroatoms. The third kappa shape index (κ3) is 7.61. The highest BCUT2D eigenvalue weighted by Gasteiger charge is 2.71. The van der Waals surface area contributed by atoms with E-state index in [1.54, 1.807) is 0 Å². The Kier molecular flexibility index (Phi) is 13.3. The van der Waals surface area contributed by atoms with Crippen LogP contribution in [-0.4, -0.2) is 79.9 Å². The van der Waals surface area contributed by atoms with Crippen LogP contribution in [0, 0.1) is 0 Å². The van der Waals surface area contributed by atoms with Crippen molar-refractivity contribution in [2.24, 2.45) is 0 Å². The summed E-state index contributed by atoms with van der Waals surface area (Å²) in [6.45, 7) is 9.82. The van der Waals surface area contributed by atoms with Gasteiger partial charge in [0.05, 0.1) is 19.8 Å². The first kappa shape index (κ1) is 35.1. The first-order valence-electron chi connectivity index (χ1n) is 16.4. The number of hydrogen-bond acceptors (Lipinski definition) is 8. The Morgan fingerprint density at radius 3 is 2.14 bits per heavy atom. The van der Waals surface area contributed by atoms with Crippen molar-refractivity contribution >= 4 is 11.6 Å². The van der Waals surface area contributed by atoms with Gasteiger partial charge in [0.1, 0.15) is 30.2 Å². The molecular formula is C35H51ClO8. The Morgan fingerprint density at radius 2 is 1.52 bits per heavy atom. The molecule has 2 heterocycles. The highest BCUT2D eigenvalue weighted by atomic mass is 35.5. The number of aliphatic hydroxyl groups excluding tert-OH is 2. The van der Waals surface area contributed by atoms with Crippen molar-refractivity contribution < 1.29 is 38.6 Å². The molecule has 246 valence electrons. The van der Waals surface area contributed by atoms with Crippen molar-refractivity contribution in [3.8, 4) is 5.75 Å². The van der Waals surface area contributed by atoms with Gasteiger partial charge in [0.2, 0.25) is 5.79 Å². The van der Waals surface area contributed by atoms with Crippen LogP contribution in [-0.2, 0) is 35.9 Å². The lowest BCUT2D eigenvalue weighted by atomic mass is 9.80. The highest BCUT2D eigenvalue weighted by Crippen LogP contribution is 2.54. The maximum Gasteiger partial charge on any atom is 0.225 e. The van der Waals surface area contributed by atoms with Crippen molar-refractivity contribution in [3.05, 3.63) is 64.2 Å². The van der Waals surface area contributed by atoms with E-state index in [0.29, 0.717) is 43.4 Å². The van der Waals surface area contributed by atoms with Crippen LogP contribution in [0.3, 0.4) is 0 Å². The summed E-state index contributed by atoms with van der Waals surface area (Å²) in [5.41, 5.74) is 1.33. The van der Waals surface area contributed by atoms with Crippen LogP contribution in [0.2, 0.25) is 5.02 Å². The van der Waals surface area contributed by atoms with Gasteiger partial charge >= 0.3 is 0 Å². The molecule has 4 rings (SSSR count). The summed E-state index contributed by atoms with van der Waals surface area (Å²) < 4.78 is 38.9. The minimum absolute atomic E-state index is 0.00362. The zero-order valence-electron chi connectivity index (χ0n) is 26.8. The van der Waals surface area contributed by atoms with E-state index in [-0.39, 0.29) is 6.61 Å². The van der Waals surface area contributed by atoms with E-state index in [0.717, 1.165) is 55.4 Å². The van der Waals surface area contributed by atoms with Gasteiger partial charge in [0, 0.05) is 30.4 Å². The molecule has 2 aliphatic heterocycles. The SMILES string of the molecule is CCCCO[C@@H]1[C@@H](OCCCC)[C@@]2(c3ccc(Cl)c(Cc4ccc(OCC)cc4)c3)OC[C@](C(O)CO)(O2)[C@H]1OCCCC. The maximum absolute atomic E-state index is 11.3. The summed E-state index contributed by atoms with van der Waals surface area (Å²) in [7, 11) is 0. The standard InChI is InChI=1S/C35H51ClO8/c1-5-9-18-40-31-32(41-19-10-6-2)34(30(38)23-37)24-43-35(44-34,33(31)42-20-11-7-3)27-14-17-29(36)26(22-27)21-25-12-15-28(16-13-25)39-8-4/h12-17,22,30-33,37-38H,5-11,18-21,23-24H2,1-4H3/t30?,31-,32-,33+,34+,35-/m0/s1. The van der Waals surface area contributed by atoms with Gasteiger partial charge < -0.3 is 38.6 Å². The molecule has 44 heavy (non-hydrogen) atoms. The minimum atomic E-state index is -1.41. The van der Waals surface area contributed by atoms with E-state index in [1.165, 1.54) is 0 Å². The van der Waals surface area contributed by atoms with E-state index in [9.17, 15) is 10.2 Å². The maximum atomic E-state index is 11.3. The molecule has 2 aromatic rings. The highest BCUT2D eigenvalue weighted by molar-refractivity contribution is 6.31. The first-order valence-corrected chi connectivity index (χ1v) is 16.7. The number of halogens is 1. The molecule has 0 aliphatic carbocycles. The number of fused-ring (bicyclic) bond motifs is 2. The normalized spacial score (nSPS) is 27.0.